The third-order valence-corrected chi connectivity index (χ3v) is 16.8. The third kappa shape index (κ3) is 16.0. The van der Waals surface area contributed by atoms with Crippen LogP contribution in [0.3, 0.4) is 0 Å². The Kier molecular flexibility index (Phi) is 22.2. The van der Waals surface area contributed by atoms with Crippen molar-refractivity contribution in [2.75, 3.05) is 13.7 Å². The van der Waals surface area contributed by atoms with Gasteiger partial charge >= 0.3 is 5.97 Å². The van der Waals surface area contributed by atoms with Gasteiger partial charge < -0.3 is 50.2 Å². The molecule has 0 aliphatic carbocycles. The van der Waals surface area contributed by atoms with Crippen LogP contribution in [0.2, 0.25) is 0 Å². The van der Waals surface area contributed by atoms with Gasteiger partial charge in [0, 0.05) is 63.0 Å². The summed E-state index contributed by atoms with van der Waals surface area (Å²) in [7, 11) is 1.50. The minimum Gasteiger partial charge on any atom is -0.505 e. The second-order valence-electron chi connectivity index (χ2n) is 23.2. The predicted octanol–water partition coefficient (Wildman–Crippen LogP) is 7.06. The van der Waals surface area contributed by atoms with Gasteiger partial charge in [-0.1, -0.05) is 97.1 Å². The van der Waals surface area contributed by atoms with Crippen LogP contribution >= 0.6 is 0 Å². The molecule has 2 bridgehead atoms. The Labute approximate surface area is 465 Å². The summed E-state index contributed by atoms with van der Waals surface area (Å²) in [6.07, 6.45) is 17.2. The second kappa shape index (κ2) is 27.9. The Bertz CT molecular complexity index is 2440. The molecule has 17 nitrogen and oxygen atoms in total. The highest BCUT2D eigenvalue weighted by molar-refractivity contribution is 5.93. The summed E-state index contributed by atoms with van der Waals surface area (Å²) in [5, 5.41) is 43.0. The summed E-state index contributed by atoms with van der Waals surface area (Å²) >= 11 is 0. The first-order valence-corrected chi connectivity index (χ1v) is 28.4. The number of aliphatic hydroxyl groups excluding tert-OH is 2. The van der Waals surface area contributed by atoms with Crippen LogP contribution in [0.1, 0.15) is 132 Å². The van der Waals surface area contributed by atoms with Crippen molar-refractivity contribution in [2.24, 2.45) is 41.4 Å². The lowest BCUT2D eigenvalue weighted by atomic mass is 9.78. The van der Waals surface area contributed by atoms with Crippen molar-refractivity contribution in [2.45, 2.75) is 193 Å². The Morgan fingerprint density at radius 1 is 1.00 bits per heavy atom. The van der Waals surface area contributed by atoms with Gasteiger partial charge in [-0.25, -0.2) is 9.82 Å². The summed E-state index contributed by atoms with van der Waals surface area (Å²) in [4.78, 5) is 70.2. The zero-order valence-electron chi connectivity index (χ0n) is 47.7. The number of benzene rings is 1. The lowest BCUT2D eigenvalue weighted by molar-refractivity contribution is -0.280. The van der Waals surface area contributed by atoms with Crippen LogP contribution < -0.4 is 21.4 Å². The van der Waals surface area contributed by atoms with Crippen LogP contribution in [0.25, 0.3) is 0 Å². The number of carbonyl (C=O) groups is 5. The number of rotatable bonds is 13. The van der Waals surface area contributed by atoms with Crippen LogP contribution in [0.5, 0.6) is 5.75 Å². The number of allylic oxidation sites excluding steroid dienone is 5. The molecule has 6 rings (SSSR count). The zero-order chi connectivity index (χ0) is 57.9. The number of aliphatic hydroxyl groups is 2. The number of carbonyl (C=O) groups excluding carboxylic acids is 5. The number of halogens is 2. The van der Waals surface area contributed by atoms with E-state index in [9.17, 15) is 48.1 Å². The van der Waals surface area contributed by atoms with Crippen LogP contribution in [-0.2, 0) is 49.3 Å². The molecule has 3 saturated heterocycles. The highest BCUT2D eigenvalue weighted by Gasteiger charge is 2.49. The minimum absolute atomic E-state index is 0.00640. The Balaban J connectivity index is 1.21. The summed E-state index contributed by atoms with van der Waals surface area (Å²) in [5.41, 5.74) is 2.78. The van der Waals surface area contributed by atoms with Crippen LogP contribution in [-0.4, -0.2) is 124 Å². The fourth-order valence-corrected chi connectivity index (χ4v) is 11.2. The van der Waals surface area contributed by atoms with Gasteiger partial charge in [0.2, 0.25) is 17.7 Å². The number of cyclic esters (lactones) is 1. The first-order valence-electron chi connectivity index (χ1n) is 28.4. The van der Waals surface area contributed by atoms with Crippen molar-refractivity contribution in [3.63, 3.8) is 0 Å². The van der Waals surface area contributed by atoms with Gasteiger partial charge in [0.1, 0.15) is 24.2 Å². The van der Waals surface area contributed by atoms with E-state index >= 15 is 0 Å². The largest absolute Gasteiger partial charge is 0.505 e. The maximum Gasteiger partial charge on any atom is 0.325 e. The third-order valence-electron chi connectivity index (χ3n) is 16.8. The molecule has 0 aromatic heterocycles. The molecule has 0 radical (unpaired) electrons. The summed E-state index contributed by atoms with van der Waals surface area (Å²) in [5.74, 6) is -9.57. The molecule has 5 aliphatic rings. The summed E-state index contributed by atoms with van der Waals surface area (Å²) < 4.78 is 53.9. The fourth-order valence-electron chi connectivity index (χ4n) is 11.2. The number of fused-ring (bicyclic) bond motifs is 3. The molecule has 1 aromatic carbocycles. The van der Waals surface area contributed by atoms with Gasteiger partial charge in [0.05, 0.1) is 30.3 Å². The topological polar surface area (TPSA) is 234 Å². The lowest BCUT2D eigenvalue weighted by Crippen LogP contribution is -2.62. The molecule has 1 aromatic rings. The normalized spacial score (nSPS) is 35.4. The molecule has 19 heteroatoms. The van der Waals surface area contributed by atoms with Crippen LogP contribution in [0.4, 0.5) is 8.78 Å². The van der Waals surface area contributed by atoms with E-state index in [1.54, 1.807) is 52.0 Å². The molecule has 3 fully saturated rings. The second-order valence-corrected chi connectivity index (χ2v) is 23.2. The van der Waals surface area contributed by atoms with Gasteiger partial charge in [-0.2, -0.15) is 4.39 Å². The highest BCUT2D eigenvalue weighted by Crippen LogP contribution is 2.41. The summed E-state index contributed by atoms with van der Waals surface area (Å²) in [6, 6.07) is -1.89. The minimum atomic E-state index is -1.48. The van der Waals surface area contributed by atoms with Crippen molar-refractivity contribution in [3.05, 3.63) is 89.6 Å². The molecule has 1 spiro atoms. The van der Waals surface area contributed by atoms with Gasteiger partial charge in [0.25, 0.3) is 5.91 Å². The van der Waals surface area contributed by atoms with E-state index in [2.05, 4.69) is 41.3 Å². The molecule has 16 atom stereocenters. The predicted molar refractivity (Wildman–Crippen MR) is 293 cm³/mol. The van der Waals surface area contributed by atoms with E-state index in [4.69, 9.17) is 18.9 Å². The first-order chi connectivity index (χ1) is 37.4. The van der Waals surface area contributed by atoms with Crippen molar-refractivity contribution < 1.29 is 67.0 Å². The lowest BCUT2D eigenvalue weighted by Gasteiger charge is -2.48. The monoisotopic (exact) mass is 1110 g/mol. The van der Waals surface area contributed by atoms with Crippen LogP contribution in [0.15, 0.2) is 72.4 Å². The number of hydrogen-bond donors (Lipinski definition) is 7. The molecule has 438 valence electrons. The van der Waals surface area contributed by atoms with Gasteiger partial charge in [-0.15, -0.1) is 0 Å². The number of aromatic hydroxyl groups is 1. The molecular weight excluding hydrogens is 1020 g/mol. The molecular formula is C60H87F2N5O12. The highest BCUT2D eigenvalue weighted by atomic mass is 19.2. The van der Waals surface area contributed by atoms with Crippen LogP contribution in [0, 0.1) is 53.1 Å². The van der Waals surface area contributed by atoms with Crippen molar-refractivity contribution in [3.8, 4) is 5.75 Å². The number of ether oxygens (including phenoxy) is 4. The number of nitrogens with one attached hydrogen (secondary N) is 4. The first kappa shape index (κ1) is 62.9. The standard InChI is InChI=1S/C60H87F2N5O12/c1-11-41-29-38(7)60(65-54(41)71)27-24-37(6)50(78-60)33-47(69)35(4)19-14-12-15-20-36(5)49-23-17-13-16-22-46(68)39(8)53-42(25-26-59(9,76-10)79-53)55(72)64-52(34(2)3)56(73)63-45(31-40-30-43(61)51(62)48(70)32-40)57(74)67-28-18-21-44(66-67)58(75)77-49/h12-13,15-17,20,22,24,27,30,32,34-35,37-39,41-42,44-47,49-50,52-53,66,68-70H,11,14,18-19,21,23,25-26,28-29,31,33H2,1-10H3,(H,63,73)(H,64,72)(H,65,71)/b15-12+,17-13+,22-16+,36-20+/t35-,37+,38-,39-,41-,42+,44?,45-,46-,47-,49-,50-,52-,53+,59?,60-/m0/s1. The number of phenols is 1. The van der Waals surface area contributed by atoms with Crippen molar-refractivity contribution in [1.29, 1.82) is 0 Å². The quantitative estimate of drug-likeness (QED) is 0.0597. The SMILES string of the molecule is CC[C@H]1C[C@H](C)[C@@]2(C=C[C@@H](C)[C@H](C[C@H](O)[C@@H](C)CC/C=C/C=C(\C)[C@@H]3C/C=C/C=C/[C@H](O)[C@H](C)[C@H]4OC(C)(OC)CC[C@H]4C(=O)N[C@@H](C(C)C)C(=O)N[C@@H](Cc4cc(O)c(F)c(F)c4)C(=O)N4CCCC(N4)C(=O)O3)O2)NC1=O. The Morgan fingerprint density at radius 3 is 2.44 bits per heavy atom. The molecule has 5 aliphatic heterocycles. The number of hydrogen-bond acceptors (Lipinski definition) is 13. The number of esters is 1. The van der Waals surface area contributed by atoms with Crippen molar-refractivity contribution >= 4 is 29.6 Å². The molecule has 5 heterocycles. The van der Waals surface area contributed by atoms with E-state index in [-0.39, 0.29) is 60.6 Å². The van der Waals surface area contributed by atoms with E-state index in [1.807, 2.05) is 45.1 Å². The van der Waals surface area contributed by atoms with E-state index in [0.717, 1.165) is 25.0 Å². The molecule has 79 heavy (non-hydrogen) atoms. The number of hydrazine groups is 1. The molecule has 4 amide bonds. The number of methoxy groups -OCH3 is 1. The van der Waals surface area contributed by atoms with Crippen molar-refractivity contribution in [1.82, 2.24) is 26.4 Å². The smallest absolute Gasteiger partial charge is 0.325 e. The Hall–Kier alpha value is -5.31. The van der Waals surface area contributed by atoms with Gasteiger partial charge in [-0.05, 0) is 100.0 Å². The molecule has 0 saturated carbocycles. The van der Waals surface area contributed by atoms with Gasteiger partial charge in [-0.3, -0.25) is 29.0 Å². The molecule has 2 unspecified atom stereocenters. The van der Waals surface area contributed by atoms with E-state index < -0.39 is 119 Å². The molecule has 7 N–H and O–H groups in total. The average Bonchev–Trinajstić information content (AvgIpc) is 3.50. The maximum absolute atomic E-state index is 14.7. The average molecular weight is 1110 g/mol. The summed E-state index contributed by atoms with van der Waals surface area (Å²) in [6.45, 7) is 17.0. The number of piperidine rings is 1. The van der Waals surface area contributed by atoms with E-state index in [0.29, 0.717) is 44.1 Å². The van der Waals surface area contributed by atoms with Gasteiger partial charge in [0.15, 0.2) is 28.9 Å². The Morgan fingerprint density at radius 2 is 1.75 bits per heavy atom. The van der Waals surface area contributed by atoms with E-state index in [1.165, 1.54) is 12.1 Å². The number of nitrogens with zero attached hydrogens (tertiary/aromatic N) is 1. The number of amides is 4. The fraction of sp³-hybridized carbons (Fsp3) is 0.650. The zero-order valence-corrected chi connectivity index (χ0v) is 47.7. The number of phenolic OH excluding ortho intramolecular Hbond substituents is 1. The maximum atomic E-state index is 14.7.